The topological polar surface area (TPSA) is 114 Å². The average molecular weight is 334 g/mol. The van der Waals surface area contributed by atoms with Gasteiger partial charge in [0.2, 0.25) is 5.82 Å². The first-order valence-electron chi connectivity index (χ1n) is 7.72. The van der Waals surface area contributed by atoms with Crippen molar-refractivity contribution < 1.29 is 4.79 Å². The van der Waals surface area contributed by atoms with Gasteiger partial charge in [0.1, 0.15) is 5.82 Å². The Kier molecular flexibility index (Phi) is 3.87. The van der Waals surface area contributed by atoms with Crippen molar-refractivity contribution >= 4 is 11.6 Å². The Morgan fingerprint density at radius 3 is 2.76 bits per heavy atom. The van der Waals surface area contributed by atoms with E-state index >= 15 is 0 Å². The Hall–Kier alpha value is -3.62. The van der Waals surface area contributed by atoms with Crippen molar-refractivity contribution in [2.75, 3.05) is 6.54 Å². The van der Waals surface area contributed by atoms with Gasteiger partial charge in [-0.15, -0.1) is 20.4 Å². The molecule has 4 aromatic rings. The minimum absolute atomic E-state index is 0.145. The van der Waals surface area contributed by atoms with Crippen LogP contribution in [0.1, 0.15) is 16.2 Å². The number of carbonyl (C=O) groups is 1. The van der Waals surface area contributed by atoms with E-state index in [0.29, 0.717) is 24.4 Å². The van der Waals surface area contributed by atoms with E-state index in [1.165, 1.54) is 0 Å². The monoisotopic (exact) mass is 334 g/mol. The predicted molar refractivity (Wildman–Crippen MR) is 88.6 cm³/mol. The molecule has 3 heterocycles. The molecule has 0 bridgehead atoms. The molecule has 1 aromatic carbocycles. The van der Waals surface area contributed by atoms with E-state index in [2.05, 4.69) is 36.1 Å². The van der Waals surface area contributed by atoms with Crippen LogP contribution in [0.3, 0.4) is 0 Å². The number of H-pyrrole nitrogens is 1. The molecule has 4 rings (SSSR count). The molecule has 124 valence electrons. The Morgan fingerprint density at radius 2 is 1.96 bits per heavy atom. The van der Waals surface area contributed by atoms with Crippen LogP contribution in [-0.4, -0.2) is 47.7 Å². The Morgan fingerprint density at radius 1 is 1.08 bits per heavy atom. The van der Waals surface area contributed by atoms with Gasteiger partial charge in [0.05, 0.1) is 0 Å². The third-order valence-corrected chi connectivity index (χ3v) is 3.77. The SMILES string of the molecule is O=C(NCCc1nnc2ccccn12)c1ccc(-c2nn[nH]n2)cc1. The van der Waals surface area contributed by atoms with Gasteiger partial charge in [-0.3, -0.25) is 9.20 Å². The van der Waals surface area contributed by atoms with Crippen LogP contribution in [0, 0.1) is 0 Å². The summed E-state index contributed by atoms with van der Waals surface area (Å²) < 4.78 is 1.91. The number of benzene rings is 1. The molecule has 0 saturated carbocycles. The second-order valence-electron chi connectivity index (χ2n) is 5.36. The zero-order valence-corrected chi connectivity index (χ0v) is 13.1. The van der Waals surface area contributed by atoms with E-state index in [1.807, 2.05) is 28.8 Å². The Labute approximate surface area is 142 Å². The number of nitrogens with one attached hydrogen (secondary N) is 2. The summed E-state index contributed by atoms with van der Waals surface area (Å²) in [7, 11) is 0. The molecule has 0 fully saturated rings. The highest BCUT2D eigenvalue weighted by atomic mass is 16.1. The van der Waals surface area contributed by atoms with Crippen molar-refractivity contribution in [3.8, 4) is 11.4 Å². The van der Waals surface area contributed by atoms with Gasteiger partial charge < -0.3 is 5.32 Å². The van der Waals surface area contributed by atoms with Crippen molar-refractivity contribution in [2.24, 2.45) is 0 Å². The highest BCUT2D eigenvalue weighted by Gasteiger charge is 2.09. The van der Waals surface area contributed by atoms with Gasteiger partial charge >= 0.3 is 0 Å². The molecule has 0 aliphatic heterocycles. The number of aromatic amines is 1. The van der Waals surface area contributed by atoms with Gasteiger partial charge in [-0.2, -0.15) is 5.21 Å². The van der Waals surface area contributed by atoms with Crippen LogP contribution in [0.4, 0.5) is 0 Å². The number of amides is 1. The summed E-state index contributed by atoms with van der Waals surface area (Å²) in [6, 6.07) is 12.7. The summed E-state index contributed by atoms with van der Waals surface area (Å²) in [5, 5.41) is 24.8. The molecule has 2 N–H and O–H groups in total. The van der Waals surface area contributed by atoms with Crippen LogP contribution < -0.4 is 5.32 Å². The van der Waals surface area contributed by atoms with Gasteiger partial charge in [0.15, 0.2) is 5.65 Å². The summed E-state index contributed by atoms with van der Waals surface area (Å²) in [5.41, 5.74) is 2.15. The maximum absolute atomic E-state index is 12.2. The first-order valence-corrected chi connectivity index (χ1v) is 7.72. The fourth-order valence-electron chi connectivity index (χ4n) is 2.51. The molecule has 0 atom stereocenters. The fourth-order valence-corrected chi connectivity index (χ4v) is 2.51. The van der Waals surface area contributed by atoms with Gasteiger partial charge in [0.25, 0.3) is 5.91 Å². The normalized spacial score (nSPS) is 10.9. The molecule has 0 radical (unpaired) electrons. The maximum atomic E-state index is 12.2. The van der Waals surface area contributed by atoms with E-state index in [4.69, 9.17) is 0 Å². The second kappa shape index (κ2) is 6.48. The van der Waals surface area contributed by atoms with Crippen LogP contribution >= 0.6 is 0 Å². The average Bonchev–Trinajstić information content (AvgIpc) is 3.32. The van der Waals surface area contributed by atoms with Gasteiger partial charge in [-0.05, 0) is 29.5 Å². The Bertz CT molecular complexity index is 991. The van der Waals surface area contributed by atoms with Crippen LogP contribution in [0.2, 0.25) is 0 Å². The van der Waals surface area contributed by atoms with Crippen LogP contribution in [0.5, 0.6) is 0 Å². The van der Waals surface area contributed by atoms with Gasteiger partial charge in [-0.25, -0.2) is 0 Å². The lowest BCUT2D eigenvalue weighted by molar-refractivity contribution is 0.0954. The number of hydrogen-bond acceptors (Lipinski definition) is 6. The summed E-state index contributed by atoms with van der Waals surface area (Å²) in [5.74, 6) is 1.16. The number of aromatic nitrogens is 7. The van der Waals surface area contributed by atoms with Crippen molar-refractivity contribution in [1.29, 1.82) is 0 Å². The van der Waals surface area contributed by atoms with Crippen molar-refractivity contribution in [3.05, 3.63) is 60.0 Å². The fraction of sp³-hybridized carbons (Fsp3) is 0.125. The maximum Gasteiger partial charge on any atom is 0.251 e. The summed E-state index contributed by atoms with van der Waals surface area (Å²) in [4.78, 5) is 12.2. The van der Waals surface area contributed by atoms with Gasteiger partial charge in [-0.1, -0.05) is 18.2 Å². The van der Waals surface area contributed by atoms with Crippen molar-refractivity contribution in [3.63, 3.8) is 0 Å². The molecule has 0 unspecified atom stereocenters. The van der Waals surface area contributed by atoms with E-state index < -0.39 is 0 Å². The highest BCUT2D eigenvalue weighted by molar-refractivity contribution is 5.94. The minimum Gasteiger partial charge on any atom is -0.352 e. The molecular weight excluding hydrogens is 320 g/mol. The second-order valence-corrected chi connectivity index (χ2v) is 5.36. The summed E-state index contributed by atoms with van der Waals surface area (Å²) in [6.07, 6.45) is 2.50. The van der Waals surface area contributed by atoms with Crippen LogP contribution in [-0.2, 0) is 6.42 Å². The lowest BCUT2D eigenvalue weighted by Gasteiger charge is -2.05. The minimum atomic E-state index is -0.145. The number of tetrazole rings is 1. The number of carbonyl (C=O) groups excluding carboxylic acids is 1. The molecule has 9 heteroatoms. The van der Waals surface area contributed by atoms with Gasteiger partial charge in [0, 0.05) is 30.3 Å². The quantitative estimate of drug-likeness (QED) is 0.560. The van der Waals surface area contributed by atoms with Crippen molar-refractivity contribution in [1.82, 2.24) is 40.5 Å². The van der Waals surface area contributed by atoms with E-state index in [9.17, 15) is 4.79 Å². The zero-order chi connectivity index (χ0) is 17.1. The Balaban J connectivity index is 1.37. The molecule has 0 saturated heterocycles. The van der Waals surface area contributed by atoms with Crippen LogP contribution in [0.25, 0.3) is 17.0 Å². The largest absolute Gasteiger partial charge is 0.352 e. The highest BCUT2D eigenvalue weighted by Crippen LogP contribution is 2.13. The number of hydrogen-bond donors (Lipinski definition) is 2. The van der Waals surface area contributed by atoms with Crippen LogP contribution in [0.15, 0.2) is 48.7 Å². The lowest BCUT2D eigenvalue weighted by atomic mass is 10.1. The number of fused-ring (bicyclic) bond motifs is 1. The summed E-state index contributed by atoms with van der Waals surface area (Å²) >= 11 is 0. The lowest BCUT2D eigenvalue weighted by Crippen LogP contribution is -2.26. The number of rotatable bonds is 5. The first-order chi connectivity index (χ1) is 12.3. The number of nitrogens with zero attached hydrogens (tertiary/aromatic N) is 6. The number of pyridine rings is 1. The molecule has 0 spiro atoms. The molecule has 3 aromatic heterocycles. The smallest absolute Gasteiger partial charge is 0.251 e. The molecule has 1 amide bonds. The van der Waals surface area contributed by atoms with E-state index in [1.54, 1.807) is 24.3 Å². The predicted octanol–water partition coefficient (Wildman–Crippen LogP) is 0.882. The molecule has 0 aliphatic carbocycles. The molecule has 9 nitrogen and oxygen atoms in total. The van der Waals surface area contributed by atoms with E-state index in [-0.39, 0.29) is 5.91 Å². The first kappa shape index (κ1) is 14.9. The van der Waals surface area contributed by atoms with Crippen molar-refractivity contribution in [2.45, 2.75) is 6.42 Å². The third kappa shape index (κ3) is 3.07. The summed E-state index contributed by atoms with van der Waals surface area (Å²) in [6.45, 7) is 0.473. The molecular formula is C16H14N8O. The molecule has 25 heavy (non-hydrogen) atoms. The molecule has 0 aliphatic rings. The zero-order valence-electron chi connectivity index (χ0n) is 13.1. The third-order valence-electron chi connectivity index (χ3n) is 3.77. The van der Waals surface area contributed by atoms with E-state index in [0.717, 1.165) is 17.0 Å². The standard InChI is InChI=1S/C16H14N8O/c25-16(12-6-4-11(5-7-12)15-20-22-23-21-15)17-9-8-14-19-18-13-3-1-2-10-24(13)14/h1-7,10H,8-9H2,(H,17,25)(H,20,21,22,23).